The molecule has 1 N–H and O–H groups in total. The molecule has 0 unspecified atom stereocenters. The number of rotatable bonds is 6. The van der Waals surface area contributed by atoms with Gasteiger partial charge in [-0.3, -0.25) is 4.79 Å². The lowest BCUT2D eigenvalue weighted by molar-refractivity contribution is -0.130. The molecule has 2 aliphatic rings. The molecule has 1 aliphatic heterocycles. The molecule has 8 heteroatoms. The molecule has 1 heterocycles. The van der Waals surface area contributed by atoms with Gasteiger partial charge in [-0.15, -0.1) is 0 Å². The Kier molecular flexibility index (Phi) is 6.95. The molecule has 1 saturated carbocycles. The number of esters is 1. The summed E-state index contributed by atoms with van der Waals surface area (Å²) in [5.74, 6) is -0.621. The normalized spacial score (nSPS) is 24.1. The van der Waals surface area contributed by atoms with Crippen molar-refractivity contribution in [3.63, 3.8) is 0 Å². The third-order valence-electron chi connectivity index (χ3n) is 5.86. The highest BCUT2D eigenvalue weighted by Gasteiger charge is 2.29. The van der Waals surface area contributed by atoms with E-state index in [9.17, 15) is 18.0 Å². The van der Waals surface area contributed by atoms with Crippen molar-refractivity contribution in [2.24, 2.45) is 5.92 Å². The Labute approximate surface area is 172 Å². The van der Waals surface area contributed by atoms with Gasteiger partial charge >= 0.3 is 5.97 Å². The topological polar surface area (TPSA) is 92.8 Å². The van der Waals surface area contributed by atoms with Gasteiger partial charge in [0.15, 0.2) is 6.10 Å². The van der Waals surface area contributed by atoms with Gasteiger partial charge in [-0.25, -0.2) is 13.2 Å². The van der Waals surface area contributed by atoms with Crippen molar-refractivity contribution in [2.45, 2.75) is 69.4 Å². The Morgan fingerprint density at radius 1 is 1.14 bits per heavy atom. The van der Waals surface area contributed by atoms with E-state index in [-0.39, 0.29) is 22.4 Å². The van der Waals surface area contributed by atoms with E-state index in [1.165, 1.54) is 41.9 Å². The summed E-state index contributed by atoms with van der Waals surface area (Å²) in [7, 11) is -3.62. The number of nitrogens with one attached hydrogen (secondary N) is 1. The first-order valence-electron chi connectivity index (χ1n) is 10.4. The van der Waals surface area contributed by atoms with E-state index in [0.717, 1.165) is 32.1 Å². The van der Waals surface area contributed by atoms with Gasteiger partial charge in [0, 0.05) is 19.1 Å². The summed E-state index contributed by atoms with van der Waals surface area (Å²) in [5, 5.41) is 2.98. The largest absolute Gasteiger partial charge is 0.449 e. The molecular formula is C21H30N2O5S. The Morgan fingerprint density at radius 2 is 1.83 bits per heavy atom. The molecule has 1 aromatic rings. The summed E-state index contributed by atoms with van der Waals surface area (Å²) in [6.07, 6.45) is 5.01. The van der Waals surface area contributed by atoms with Crippen molar-refractivity contribution in [2.75, 3.05) is 13.1 Å². The summed E-state index contributed by atoms with van der Waals surface area (Å²) in [4.78, 5) is 25.0. The van der Waals surface area contributed by atoms with Crippen LogP contribution >= 0.6 is 0 Å². The highest BCUT2D eigenvalue weighted by atomic mass is 32.2. The summed E-state index contributed by atoms with van der Waals surface area (Å²) in [6, 6.07) is 5.92. The maximum atomic E-state index is 12.7. The van der Waals surface area contributed by atoms with Gasteiger partial charge in [-0.1, -0.05) is 25.8 Å². The predicted octanol–water partition coefficient (Wildman–Crippen LogP) is 2.71. The van der Waals surface area contributed by atoms with Gasteiger partial charge in [0.05, 0.1) is 10.5 Å². The zero-order valence-corrected chi connectivity index (χ0v) is 17.9. The van der Waals surface area contributed by atoms with Gasteiger partial charge in [0.1, 0.15) is 0 Å². The van der Waals surface area contributed by atoms with E-state index in [4.69, 9.17) is 4.74 Å². The van der Waals surface area contributed by atoms with Crippen molar-refractivity contribution in [3.8, 4) is 0 Å². The maximum absolute atomic E-state index is 12.7. The quantitative estimate of drug-likeness (QED) is 0.712. The Bertz CT molecular complexity index is 848. The average molecular weight is 423 g/mol. The van der Waals surface area contributed by atoms with Crippen LogP contribution in [0.25, 0.3) is 0 Å². The van der Waals surface area contributed by atoms with E-state index < -0.39 is 22.1 Å². The second-order valence-electron chi connectivity index (χ2n) is 8.06. The molecule has 2 fully saturated rings. The number of carbonyl (C=O) groups is 2. The third kappa shape index (κ3) is 5.17. The molecule has 160 valence electrons. The highest BCUT2D eigenvalue weighted by molar-refractivity contribution is 7.89. The van der Waals surface area contributed by atoms with Crippen molar-refractivity contribution in [3.05, 3.63) is 29.8 Å². The fraction of sp³-hybridized carbons (Fsp3) is 0.619. The molecule has 0 bridgehead atoms. The summed E-state index contributed by atoms with van der Waals surface area (Å²) < 4.78 is 32.1. The summed E-state index contributed by atoms with van der Waals surface area (Å²) in [6.45, 7) is 4.64. The molecule has 3 rings (SSSR count). The van der Waals surface area contributed by atoms with Crippen LogP contribution in [0, 0.1) is 5.92 Å². The maximum Gasteiger partial charge on any atom is 0.338 e. The fourth-order valence-corrected chi connectivity index (χ4v) is 5.54. The highest BCUT2D eigenvalue weighted by Crippen LogP contribution is 2.24. The van der Waals surface area contributed by atoms with Crippen LogP contribution in [0.15, 0.2) is 29.2 Å². The number of benzene rings is 1. The lowest BCUT2D eigenvalue weighted by atomic mass is 9.86. The van der Waals surface area contributed by atoms with Crippen LogP contribution in [0.2, 0.25) is 0 Å². The minimum atomic E-state index is -3.62. The molecule has 1 aromatic carbocycles. The van der Waals surface area contributed by atoms with Crippen LogP contribution in [0.4, 0.5) is 0 Å². The van der Waals surface area contributed by atoms with Crippen molar-refractivity contribution in [1.29, 1.82) is 0 Å². The van der Waals surface area contributed by atoms with Gasteiger partial charge in [0.25, 0.3) is 5.91 Å². The Balaban J connectivity index is 1.63. The molecule has 0 aromatic heterocycles. The first-order chi connectivity index (χ1) is 13.8. The second-order valence-corrected chi connectivity index (χ2v) is 10.0. The molecule has 29 heavy (non-hydrogen) atoms. The van der Waals surface area contributed by atoms with E-state index in [1.807, 2.05) is 0 Å². The molecule has 1 amide bonds. The number of hydrogen-bond donors (Lipinski definition) is 1. The Hall–Kier alpha value is -1.93. The molecule has 0 radical (unpaired) electrons. The lowest BCUT2D eigenvalue weighted by Gasteiger charge is -2.30. The van der Waals surface area contributed by atoms with E-state index in [1.54, 1.807) is 0 Å². The Morgan fingerprint density at radius 3 is 2.52 bits per heavy atom. The van der Waals surface area contributed by atoms with Crippen LogP contribution in [0.3, 0.4) is 0 Å². The van der Waals surface area contributed by atoms with Crippen molar-refractivity contribution in [1.82, 2.24) is 9.62 Å². The summed E-state index contributed by atoms with van der Waals surface area (Å²) >= 11 is 0. The van der Waals surface area contributed by atoms with Crippen LogP contribution < -0.4 is 5.32 Å². The van der Waals surface area contributed by atoms with Crippen LogP contribution in [-0.4, -0.2) is 49.8 Å². The number of amides is 1. The first-order valence-corrected chi connectivity index (χ1v) is 11.8. The molecule has 1 aliphatic carbocycles. The second kappa shape index (κ2) is 9.26. The first kappa shape index (κ1) is 21.8. The molecule has 0 spiro atoms. The number of sulfonamides is 1. The molecule has 3 atom stereocenters. The molecular weight excluding hydrogens is 392 g/mol. The van der Waals surface area contributed by atoms with Crippen molar-refractivity contribution < 1.29 is 22.7 Å². The number of hydrogen-bond acceptors (Lipinski definition) is 5. The average Bonchev–Trinajstić information content (AvgIpc) is 3.25. The number of ether oxygens (including phenoxy) is 1. The zero-order valence-electron chi connectivity index (χ0n) is 17.1. The van der Waals surface area contributed by atoms with E-state index in [0.29, 0.717) is 19.0 Å². The van der Waals surface area contributed by atoms with E-state index in [2.05, 4.69) is 12.2 Å². The number of nitrogens with zero attached hydrogens (tertiary/aromatic N) is 1. The monoisotopic (exact) mass is 422 g/mol. The minimum absolute atomic E-state index is 0.0713. The molecule has 7 nitrogen and oxygen atoms in total. The smallest absolute Gasteiger partial charge is 0.338 e. The predicted molar refractivity (Wildman–Crippen MR) is 109 cm³/mol. The van der Waals surface area contributed by atoms with E-state index >= 15 is 0 Å². The van der Waals surface area contributed by atoms with Crippen molar-refractivity contribution >= 4 is 21.9 Å². The minimum Gasteiger partial charge on any atom is -0.449 e. The molecule has 1 saturated heterocycles. The van der Waals surface area contributed by atoms with Crippen LogP contribution in [0.1, 0.15) is 62.7 Å². The van der Waals surface area contributed by atoms with Gasteiger partial charge in [0.2, 0.25) is 10.0 Å². The standard InChI is InChI=1S/C21H30N2O5S/c1-15-8-3-4-11-19(15)22-20(24)16(2)28-21(25)17-9-7-10-18(14-17)29(26,27)23-12-5-6-13-23/h7,9-10,14-16,19H,3-6,8,11-13H2,1-2H3,(H,22,24)/t15-,16+,19+/m1/s1. The SMILES string of the molecule is C[C@H](OC(=O)c1cccc(S(=O)(=O)N2CCCC2)c1)C(=O)N[C@H]1CCCC[C@H]1C. The van der Waals surface area contributed by atoms with Gasteiger partial charge < -0.3 is 10.1 Å². The number of carbonyl (C=O) groups excluding carboxylic acids is 2. The van der Waals surface area contributed by atoms with Crippen LogP contribution in [-0.2, 0) is 19.6 Å². The summed E-state index contributed by atoms with van der Waals surface area (Å²) in [5.41, 5.74) is 0.121. The van der Waals surface area contributed by atoms with Gasteiger partial charge in [-0.05, 0) is 56.7 Å². The van der Waals surface area contributed by atoms with Crippen LogP contribution in [0.5, 0.6) is 0 Å². The third-order valence-corrected chi connectivity index (χ3v) is 7.76. The zero-order chi connectivity index (χ0) is 21.0. The van der Waals surface area contributed by atoms with Gasteiger partial charge in [-0.2, -0.15) is 4.31 Å². The lowest BCUT2D eigenvalue weighted by Crippen LogP contribution is -2.46. The fourth-order valence-electron chi connectivity index (χ4n) is 3.97.